The molecular weight excluding hydrogens is 244 g/mol. The molecule has 2 atom stereocenters. The Morgan fingerprint density at radius 3 is 2.40 bits per heavy atom. The largest absolute Gasteiger partial charge is 0.306 e. The topological polar surface area (TPSA) is 15.3 Å². The number of nitrogens with zero attached hydrogens (tertiary/aromatic N) is 1. The van der Waals surface area contributed by atoms with Crippen molar-refractivity contribution in [2.24, 2.45) is 5.92 Å². The lowest BCUT2D eigenvalue weighted by molar-refractivity contribution is 0.263. The number of hydrogen-bond acceptors (Lipinski definition) is 2. The fraction of sp³-hybridized carbons (Fsp3) is 0.667. The van der Waals surface area contributed by atoms with E-state index in [1.165, 1.54) is 31.5 Å². The first kappa shape index (κ1) is 15.5. The average molecular weight is 274 g/mol. The van der Waals surface area contributed by atoms with E-state index in [0.717, 1.165) is 5.92 Å². The van der Waals surface area contributed by atoms with Gasteiger partial charge in [0.25, 0.3) is 0 Å². The normalized spacial score (nSPS) is 21.8. The molecule has 2 rings (SSSR count). The van der Waals surface area contributed by atoms with Crippen molar-refractivity contribution in [3.05, 3.63) is 35.9 Å². The lowest BCUT2D eigenvalue weighted by Crippen LogP contribution is -2.37. The van der Waals surface area contributed by atoms with E-state index in [0.29, 0.717) is 18.1 Å². The van der Waals surface area contributed by atoms with Crippen molar-refractivity contribution >= 4 is 0 Å². The molecule has 1 saturated heterocycles. The lowest BCUT2D eigenvalue weighted by Gasteiger charge is -2.26. The summed E-state index contributed by atoms with van der Waals surface area (Å²) in [5.41, 5.74) is 1.43. The predicted octanol–water partition coefficient (Wildman–Crippen LogP) is 3.85. The van der Waals surface area contributed by atoms with Gasteiger partial charge in [0.2, 0.25) is 0 Å². The first-order valence-electron chi connectivity index (χ1n) is 8.11. The van der Waals surface area contributed by atoms with Gasteiger partial charge in [0.05, 0.1) is 0 Å². The van der Waals surface area contributed by atoms with Crippen LogP contribution in [0.15, 0.2) is 30.3 Å². The Labute approximate surface area is 124 Å². The Balaban J connectivity index is 1.98. The molecule has 1 aromatic rings. The molecule has 2 nitrogen and oxygen atoms in total. The van der Waals surface area contributed by atoms with Gasteiger partial charge in [0.15, 0.2) is 0 Å². The third-order valence-electron chi connectivity index (χ3n) is 4.30. The fourth-order valence-corrected chi connectivity index (χ4v) is 3.13. The number of rotatable bonds is 6. The predicted molar refractivity (Wildman–Crippen MR) is 86.9 cm³/mol. The zero-order valence-electron chi connectivity index (χ0n) is 13.5. The lowest BCUT2D eigenvalue weighted by atomic mass is 9.96. The van der Waals surface area contributed by atoms with Crippen LogP contribution in [0.1, 0.15) is 52.1 Å². The highest BCUT2D eigenvalue weighted by molar-refractivity contribution is 5.19. The summed E-state index contributed by atoms with van der Waals surface area (Å²) >= 11 is 0. The maximum absolute atomic E-state index is 3.91. The number of hydrogen-bond donors (Lipinski definition) is 1. The van der Waals surface area contributed by atoms with Gasteiger partial charge in [-0.3, -0.25) is 4.90 Å². The van der Waals surface area contributed by atoms with Gasteiger partial charge in [-0.2, -0.15) is 0 Å². The minimum Gasteiger partial charge on any atom is -0.306 e. The van der Waals surface area contributed by atoms with Crippen molar-refractivity contribution in [1.29, 1.82) is 0 Å². The van der Waals surface area contributed by atoms with Gasteiger partial charge in [0, 0.05) is 24.7 Å². The molecule has 20 heavy (non-hydrogen) atoms. The molecule has 0 radical (unpaired) electrons. The minimum atomic E-state index is 0.494. The zero-order chi connectivity index (χ0) is 14.5. The van der Waals surface area contributed by atoms with Crippen molar-refractivity contribution in [2.75, 3.05) is 13.1 Å². The zero-order valence-corrected chi connectivity index (χ0v) is 13.5. The highest BCUT2D eigenvalue weighted by atomic mass is 15.2. The van der Waals surface area contributed by atoms with Crippen LogP contribution in [-0.4, -0.2) is 30.1 Å². The SMILES string of the molecule is CC(C)CC(NC1CCN(C(C)C)C1)c1ccccc1. The Morgan fingerprint density at radius 2 is 1.85 bits per heavy atom. The van der Waals surface area contributed by atoms with Crippen LogP contribution in [0.3, 0.4) is 0 Å². The third-order valence-corrected chi connectivity index (χ3v) is 4.30. The molecule has 0 bridgehead atoms. The van der Waals surface area contributed by atoms with Crippen molar-refractivity contribution < 1.29 is 0 Å². The van der Waals surface area contributed by atoms with E-state index >= 15 is 0 Å². The van der Waals surface area contributed by atoms with Crippen LogP contribution in [-0.2, 0) is 0 Å². The smallest absolute Gasteiger partial charge is 0.0325 e. The quantitative estimate of drug-likeness (QED) is 0.847. The minimum absolute atomic E-state index is 0.494. The first-order chi connectivity index (χ1) is 9.56. The van der Waals surface area contributed by atoms with Gasteiger partial charge in [-0.25, -0.2) is 0 Å². The summed E-state index contributed by atoms with van der Waals surface area (Å²) in [5.74, 6) is 0.718. The van der Waals surface area contributed by atoms with Gasteiger partial charge >= 0.3 is 0 Å². The van der Waals surface area contributed by atoms with E-state index < -0.39 is 0 Å². The highest BCUT2D eigenvalue weighted by Gasteiger charge is 2.26. The van der Waals surface area contributed by atoms with E-state index in [4.69, 9.17) is 0 Å². The summed E-state index contributed by atoms with van der Waals surface area (Å²) in [6, 6.07) is 12.7. The number of likely N-dealkylation sites (tertiary alicyclic amines) is 1. The fourth-order valence-electron chi connectivity index (χ4n) is 3.13. The molecule has 0 saturated carbocycles. The summed E-state index contributed by atoms with van der Waals surface area (Å²) in [4.78, 5) is 2.58. The van der Waals surface area contributed by atoms with Crippen LogP contribution in [0.4, 0.5) is 0 Å². The van der Waals surface area contributed by atoms with E-state index in [-0.39, 0.29) is 0 Å². The van der Waals surface area contributed by atoms with E-state index in [1.807, 2.05) is 0 Å². The summed E-state index contributed by atoms with van der Waals surface area (Å²) in [7, 11) is 0. The number of benzene rings is 1. The second-order valence-electron chi connectivity index (χ2n) is 6.83. The highest BCUT2D eigenvalue weighted by Crippen LogP contribution is 2.24. The maximum atomic E-state index is 3.91. The second kappa shape index (κ2) is 7.24. The van der Waals surface area contributed by atoms with Gasteiger partial charge in [-0.1, -0.05) is 44.2 Å². The Kier molecular flexibility index (Phi) is 5.62. The first-order valence-corrected chi connectivity index (χ1v) is 8.11. The summed E-state index contributed by atoms with van der Waals surface area (Å²) < 4.78 is 0. The summed E-state index contributed by atoms with van der Waals surface area (Å²) in [5, 5.41) is 3.91. The Hall–Kier alpha value is -0.860. The van der Waals surface area contributed by atoms with E-state index in [2.05, 4.69) is 68.2 Å². The summed E-state index contributed by atoms with van der Waals surface area (Å²) in [6.45, 7) is 11.6. The second-order valence-corrected chi connectivity index (χ2v) is 6.83. The molecule has 1 N–H and O–H groups in total. The molecule has 1 heterocycles. The summed E-state index contributed by atoms with van der Waals surface area (Å²) in [6.07, 6.45) is 2.49. The molecule has 0 aromatic heterocycles. The molecule has 2 unspecified atom stereocenters. The Bertz CT molecular complexity index is 386. The molecule has 1 aliphatic heterocycles. The van der Waals surface area contributed by atoms with Crippen LogP contribution in [0.25, 0.3) is 0 Å². The molecule has 112 valence electrons. The van der Waals surface area contributed by atoms with E-state index in [1.54, 1.807) is 0 Å². The molecule has 0 spiro atoms. The van der Waals surface area contributed by atoms with Crippen molar-refractivity contribution in [2.45, 2.75) is 58.7 Å². The maximum Gasteiger partial charge on any atom is 0.0325 e. The van der Waals surface area contributed by atoms with E-state index in [9.17, 15) is 0 Å². The molecule has 1 aromatic carbocycles. The monoisotopic (exact) mass is 274 g/mol. The van der Waals surface area contributed by atoms with Gasteiger partial charge < -0.3 is 5.32 Å². The Morgan fingerprint density at radius 1 is 1.15 bits per heavy atom. The molecular formula is C18H30N2. The van der Waals surface area contributed by atoms with Gasteiger partial charge in [0.1, 0.15) is 0 Å². The van der Waals surface area contributed by atoms with Crippen molar-refractivity contribution in [1.82, 2.24) is 10.2 Å². The van der Waals surface area contributed by atoms with Crippen molar-refractivity contribution in [3.63, 3.8) is 0 Å². The third kappa shape index (κ3) is 4.32. The van der Waals surface area contributed by atoms with Crippen LogP contribution in [0.5, 0.6) is 0 Å². The van der Waals surface area contributed by atoms with Gasteiger partial charge in [-0.05, 0) is 44.7 Å². The average Bonchev–Trinajstić information content (AvgIpc) is 2.87. The van der Waals surface area contributed by atoms with Crippen LogP contribution in [0, 0.1) is 5.92 Å². The molecule has 1 fully saturated rings. The standard InChI is InChI=1S/C18H30N2/c1-14(2)12-18(16-8-6-5-7-9-16)19-17-10-11-20(13-17)15(3)4/h5-9,14-15,17-19H,10-13H2,1-4H3. The van der Waals surface area contributed by atoms with Crippen LogP contribution < -0.4 is 5.32 Å². The molecule has 1 aliphatic rings. The van der Waals surface area contributed by atoms with Crippen molar-refractivity contribution in [3.8, 4) is 0 Å². The molecule has 0 amide bonds. The van der Waals surface area contributed by atoms with Crippen LogP contribution >= 0.6 is 0 Å². The van der Waals surface area contributed by atoms with Crippen LogP contribution in [0.2, 0.25) is 0 Å². The van der Waals surface area contributed by atoms with Gasteiger partial charge in [-0.15, -0.1) is 0 Å². The molecule has 0 aliphatic carbocycles. The number of nitrogens with one attached hydrogen (secondary N) is 1. The molecule has 2 heteroatoms.